The number of rotatable bonds is 4. The van der Waals surface area contributed by atoms with Gasteiger partial charge >= 0.3 is 0 Å². The monoisotopic (exact) mass is 444 g/mol. The molecule has 3 aromatic rings. The summed E-state index contributed by atoms with van der Waals surface area (Å²) in [5, 5.41) is 9.92. The number of fused-ring (bicyclic) bond motifs is 2. The molecule has 0 spiro atoms. The molecule has 0 fully saturated rings. The Morgan fingerprint density at radius 2 is 2.15 bits per heavy atom. The van der Waals surface area contributed by atoms with Crippen molar-refractivity contribution >= 4 is 0 Å². The Kier molecular flexibility index (Phi) is 4.90. The van der Waals surface area contributed by atoms with E-state index >= 15 is 0 Å². The highest BCUT2D eigenvalue weighted by atomic mass is 16.7. The summed E-state index contributed by atoms with van der Waals surface area (Å²) in [6.07, 6.45) is 3.39. The molecule has 2 aliphatic heterocycles. The highest BCUT2D eigenvalue weighted by Crippen LogP contribution is 2.47. The van der Waals surface area contributed by atoms with Crippen molar-refractivity contribution in [3.05, 3.63) is 86.9 Å². The lowest BCUT2D eigenvalue weighted by atomic mass is 9.83. The second kappa shape index (κ2) is 7.91. The quantitative estimate of drug-likeness (QED) is 0.652. The first-order valence-electron chi connectivity index (χ1n) is 10.2. The number of methoxy groups -OCH3 is 1. The number of nitrogens with two attached hydrogens (primary N) is 1. The van der Waals surface area contributed by atoms with Crippen LogP contribution in [0.2, 0.25) is 0 Å². The fourth-order valence-electron chi connectivity index (χ4n) is 4.21. The highest BCUT2D eigenvalue weighted by molar-refractivity contribution is 5.61. The van der Waals surface area contributed by atoms with Crippen LogP contribution in [0.15, 0.2) is 59.0 Å². The average molecular weight is 444 g/mol. The van der Waals surface area contributed by atoms with Gasteiger partial charge in [0.15, 0.2) is 11.5 Å². The Morgan fingerprint density at radius 1 is 1.30 bits per heavy atom. The SMILES string of the molecule is COc1cc(C2C(C#N)=C(N)Oc3cc(C)n(Cc4cccnc4)c(=O)c32)cc2c1OCO2. The van der Waals surface area contributed by atoms with Crippen molar-refractivity contribution < 1.29 is 18.9 Å². The van der Waals surface area contributed by atoms with Gasteiger partial charge in [0.25, 0.3) is 5.56 Å². The van der Waals surface area contributed by atoms with Gasteiger partial charge in [-0.1, -0.05) is 6.07 Å². The number of aromatic nitrogens is 2. The van der Waals surface area contributed by atoms with Crippen LogP contribution in [0.5, 0.6) is 23.0 Å². The summed E-state index contributed by atoms with van der Waals surface area (Å²) in [5.74, 6) is 0.883. The van der Waals surface area contributed by atoms with Crippen LogP contribution in [0.1, 0.15) is 28.3 Å². The molecule has 1 aromatic carbocycles. The maximum absolute atomic E-state index is 13.8. The average Bonchev–Trinajstić information content (AvgIpc) is 3.30. The molecule has 5 rings (SSSR count). The molecule has 166 valence electrons. The van der Waals surface area contributed by atoms with Crippen molar-refractivity contribution in [1.29, 1.82) is 5.26 Å². The Hall–Kier alpha value is -4.45. The summed E-state index contributed by atoms with van der Waals surface area (Å²) < 4.78 is 23.9. The Balaban J connectivity index is 1.73. The van der Waals surface area contributed by atoms with Gasteiger partial charge in [-0.3, -0.25) is 9.78 Å². The van der Waals surface area contributed by atoms with Gasteiger partial charge in [0.1, 0.15) is 17.4 Å². The summed E-state index contributed by atoms with van der Waals surface area (Å²) in [4.78, 5) is 17.9. The van der Waals surface area contributed by atoms with Crippen LogP contribution >= 0.6 is 0 Å². The predicted molar refractivity (Wildman–Crippen MR) is 117 cm³/mol. The summed E-state index contributed by atoms with van der Waals surface area (Å²) >= 11 is 0. The molecule has 4 heterocycles. The van der Waals surface area contributed by atoms with Crippen molar-refractivity contribution in [3.63, 3.8) is 0 Å². The minimum absolute atomic E-state index is 0.0459. The summed E-state index contributed by atoms with van der Waals surface area (Å²) in [6, 6.07) is 11.0. The van der Waals surface area contributed by atoms with E-state index in [1.807, 2.05) is 19.1 Å². The number of allylic oxidation sites excluding steroid dienone is 1. The third-order valence-corrected chi connectivity index (χ3v) is 5.77. The molecular formula is C24H20N4O5. The second-order valence-electron chi connectivity index (χ2n) is 7.70. The van der Waals surface area contributed by atoms with Gasteiger partial charge in [-0.05, 0) is 36.2 Å². The van der Waals surface area contributed by atoms with Gasteiger partial charge < -0.3 is 29.2 Å². The van der Waals surface area contributed by atoms with E-state index in [0.29, 0.717) is 46.4 Å². The Labute approximate surface area is 189 Å². The largest absolute Gasteiger partial charge is 0.493 e. The number of pyridine rings is 2. The van der Waals surface area contributed by atoms with Crippen LogP contribution in [0.25, 0.3) is 0 Å². The number of aryl methyl sites for hydroxylation is 1. The van der Waals surface area contributed by atoms with Crippen LogP contribution in [-0.2, 0) is 6.54 Å². The van der Waals surface area contributed by atoms with Crippen molar-refractivity contribution in [2.75, 3.05) is 13.9 Å². The third kappa shape index (κ3) is 3.32. The topological polar surface area (TPSA) is 122 Å². The molecule has 0 saturated heterocycles. The van der Waals surface area contributed by atoms with Crippen LogP contribution in [0.4, 0.5) is 0 Å². The summed E-state index contributed by atoms with van der Waals surface area (Å²) in [7, 11) is 1.51. The molecular weight excluding hydrogens is 424 g/mol. The van der Waals surface area contributed by atoms with Gasteiger partial charge in [0.2, 0.25) is 18.4 Å². The van der Waals surface area contributed by atoms with Gasteiger partial charge in [0.05, 0.1) is 25.1 Å². The lowest BCUT2D eigenvalue weighted by Crippen LogP contribution is -2.33. The van der Waals surface area contributed by atoms with Crippen LogP contribution in [-0.4, -0.2) is 23.5 Å². The van der Waals surface area contributed by atoms with E-state index in [1.54, 1.807) is 35.2 Å². The van der Waals surface area contributed by atoms with E-state index in [-0.39, 0.29) is 23.8 Å². The Bertz CT molecular complexity index is 1390. The van der Waals surface area contributed by atoms with Crippen LogP contribution in [0, 0.1) is 18.3 Å². The number of nitriles is 1. The zero-order valence-corrected chi connectivity index (χ0v) is 18.0. The first kappa shape index (κ1) is 20.5. The second-order valence-corrected chi connectivity index (χ2v) is 7.70. The lowest BCUT2D eigenvalue weighted by Gasteiger charge is -2.27. The van der Waals surface area contributed by atoms with E-state index in [2.05, 4.69) is 11.1 Å². The zero-order chi connectivity index (χ0) is 23.1. The van der Waals surface area contributed by atoms with Crippen molar-refractivity contribution in [2.45, 2.75) is 19.4 Å². The molecule has 0 saturated carbocycles. The molecule has 0 bridgehead atoms. The summed E-state index contributed by atoms with van der Waals surface area (Å²) in [5.41, 5.74) is 8.45. The number of benzene rings is 1. The van der Waals surface area contributed by atoms with Crippen molar-refractivity contribution in [1.82, 2.24) is 9.55 Å². The maximum atomic E-state index is 13.8. The molecule has 1 atom stereocenters. The molecule has 0 aliphatic carbocycles. The molecule has 2 aliphatic rings. The first-order chi connectivity index (χ1) is 16.0. The van der Waals surface area contributed by atoms with Crippen molar-refractivity contribution in [3.8, 4) is 29.1 Å². The molecule has 9 heteroatoms. The minimum Gasteiger partial charge on any atom is -0.493 e. The van der Waals surface area contributed by atoms with E-state index in [9.17, 15) is 10.1 Å². The van der Waals surface area contributed by atoms with Crippen LogP contribution < -0.4 is 30.2 Å². The number of ether oxygens (including phenoxy) is 4. The molecule has 33 heavy (non-hydrogen) atoms. The predicted octanol–water partition coefficient (Wildman–Crippen LogP) is 2.56. The molecule has 2 aromatic heterocycles. The fourth-order valence-corrected chi connectivity index (χ4v) is 4.21. The number of hydrogen-bond donors (Lipinski definition) is 1. The van der Waals surface area contributed by atoms with Crippen LogP contribution in [0.3, 0.4) is 0 Å². The highest BCUT2D eigenvalue weighted by Gasteiger charge is 2.36. The maximum Gasteiger partial charge on any atom is 0.259 e. The number of nitrogens with zero attached hydrogens (tertiary/aromatic N) is 3. The van der Waals surface area contributed by atoms with Gasteiger partial charge in [-0.15, -0.1) is 0 Å². The smallest absolute Gasteiger partial charge is 0.259 e. The standard InChI is InChI=1S/C24H20N4O5/c1-13-6-17-21(24(29)28(13)11-14-4-3-5-27-10-14)20(16(9-25)23(26)33-17)15-7-18(30-2)22-19(8-15)31-12-32-22/h3-8,10,20H,11-12,26H2,1-2H3. The molecule has 0 radical (unpaired) electrons. The lowest BCUT2D eigenvalue weighted by molar-refractivity contribution is 0.171. The first-order valence-corrected chi connectivity index (χ1v) is 10.2. The van der Waals surface area contributed by atoms with Gasteiger partial charge in [-0.25, -0.2) is 0 Å². The minimum atomic E-state index is -0.768. The van der Waals surface area contributed by atoms with E-state index < -0.39 is 5.92 Å². The third-order valence-electron chi connectivity index (χ3n) is 5.77. The zero-order valence-electron chi connectivity index (χ0n) is 18.0. The molecule has 1 unspecified atom stereocenters. The molecule has 2 N–H and O–H groups in total. The van der Waals surface area contributed by atoms with Gasteiger partial charge in [-0.2, -0.15) is 5.26 Å². The normalized spacial score (nSPS) is 16.1. The number of hydrogen-bond acceptors (Lipinski definition) is 8. The molecule has 9 nitrogen and oxygen atoms in total. The van der Waals surface area contributed by atoms with E-state index in [0.717, 1.165) is 5.56 Å². The van der Waals surface area contributed by atoms with Crippen molar-refractivity contribution in [2.24, 2.45) is 5.73 Å². The van der Waals surface area contributed by atoms with E-state index in [4.69, 9.17) is 24.7 Å². The molecule has 0 amide bonds. The fraction of sp³-hybridized carbons (Fsp3) is 0.208. The van der Waals surface area contributed by atoms with Gasteiger partial charge in [0, 0.05) is 24.2 Å². The Morgan fingerprint density at radius 3 is 2.88 bits per heavy atom. The summed E-state index contributed by atoms with van der Waals surface area (Å²) in [6.45, 7) is 2.20. The van der Waals surface area contributed by atoms with E-state index in [1.165, 1.54) is 7.11 Å².